The molecule has 1 aromatic rings. The van der Waals surface area contributed by atoms with Crippen LogP contribution in [0.5, 0.6) is 5.75 Å². The summed E-state index contributed by atoms with van der Waals surface area (Å²) >= 11 is 0. The van der Waals surface area contributed by atoms with Gasteiger partial charge in [0.1, 0.15) is 11.5 Å². The molecule has 0 aromatic heterocycles. The van der Waals surface area contributed by atoms with Gasteiger partial charge in [-0.25, -0.2) is 0 Å². The number of hydrogen-bond donors (Lipinski definition) is 1. The van der Waals surface area contributed by atoms with E-state index in [0.29, 0.717) is 31.1 Å². The number of rotatable bonds is 6. The first-order valence-electron chi connectivity index (χ1n) is 7.61. The van der Waals surface area contributed by atoms with Gasteiger partial charge < -0.3 is 9.84 Å². The molecule has 1 aromatic carbocycles. The Bertz CT molecular complexity index is 432. The molecule has 3 nitrogen and oxygen atoms in total. The first-order chi connectivity index (χ1) is 9.69. The van der Waals surface area contributed by atoms with Crippen molar-refractivity contribution in [1.82, 2.24) is 0 Å². The maximum Gasteiger partial charge on any atom is 0.132 e. The van der Waals surface area contributed by atoms with E-state index in [2.05, 4.69) is 6.92 Å². The van der Waals surface area contributed by atoms with Crippen LogP contribution in [-0.4, -0.2) is 17.5 Å². The van der Waals surface area contributed by atoms with E-state index >= 15 is 0 Å². The highest BCUT2D eigenvalue weighted by atomic mass is 16.5. The fraction of sp³-hybridized carbons (Fsp3) is 0.588. The average molecular weight is 276 g/mol. The maximum atomic E-state index is 11.2. The summed E-state index contributed by atoms with van der Waals surface area (Å²) in [5, 5.41) is 10.00. The van der Waals surface area contributed by atoms with Crippen LogP contribution in [0.4, 0.5) is 0 Å². The molecule has 3 heteroatoms. The van der Waals surface area contributed by atoms with Crippen molar-refractivity contribution in [2.45, 2.75) is 51.6 Å². The first-order valence-corrected chi connectivity index (χ1v) is 7.61. The molecule has 110 valence electrons. The van der Waals surface area contributed by atoms with Crippen molar-refractivity contribution < 1.29 is 14.6 Å². The van der Waals surface area contributed by atoms with Gasteiger partial charge in [0.2, 0.25) is 0 Å². The minimum atomic E-state index is -0.407. The molecule has 2 rings (SSSR count). The Balaban J connectivity index is 1.86. The van der Waals surface area contributed by atoms with Gasteiger partial charge >= 0.3 is 0 Å². The SMILES string of the molecule is CCCC(O)c1cccc(OCC2CCC(=O)CC2)c1. The van der Waals surface area contributed by atoms with Crippen molar-refractivity contribution >= 4 is 5.78 Å². The number of carbonyl (C=O) groups excluding carboxylic acids is 1. The molecule has 20 heavy (non-hydrogen) atoms. The summed E-state index contributed by atoms with van der Waals surface area (Å²) in [4.78, 5) is 11.2. The Morgan fingerprint density at radius 2 is 2.10 bits per heavy atom. The van der Waals surface area contributed by atoms with Crippen LogP contribution in [0.15, 0.2) is 24.3 Å². The summed E-state index contributed by atoms with van der Waals surface area (Å²) in [5.74, 6) is 1.68. The van der Waals surface area contributed by atoms with Crippen LogP contribution < -0.4 is 4.74 Å². The summed E-state index contributed by atoms with van der Waals surface area (Å²) in [6.07, 6.45) is 4.60. The van der Waals surface area contributed by atoms with E-state index in [9.17, 15) is 9.90 Å². The lowest BCUT2D eigenvalue weighted by molar-refractivity contribution is -0.121. The van der Waals surface area contributed by atoms with Gasteiger partial charge in [0.25, 0.3) is 0 Å². The van der Waals surface area contributed by atoms with E-state index in [1.807, 2.05) is 24.3 Å². The largest absolute Gasteiger partial charge is 0.493 e. The minimum Gasteiger partial charge on any atom is -0.493 e. The third-order valence-corrected chi connectivity index (χ3v) is 3.95. The molecule has 1 aliphatic carbocycles. The molecule has 1 unspecified atom stereocenters. The summed E-state index contributed by atoms with van der Waals surface area (Å²) < 4.78 is 5.83. The van der Waals surface area contributed by atoms with Crippen molar-refractivity contribution in [1.29, 1.82) is 0 Å². The van der Waals surface area contributed by atoms with Gasteiger partial charge in [-0.2, -0.15) is 0 Å². The molecule has 1 fully saturated rings. The predicted molar refractivity (Wildman–Crippen MR) is 78.8 cm³/mol. The topological polar surface area (TPSA) is 46.5 Å². The second-order valence-corrected chi connectivity index (χ2v) is 5.67. The van der Waals surface area contributed by atoms with Crippen LogP contribution in [0.1, 0.15) is 57.1 Å². The highest BCUT2D eigenvalue weighted by Crippen LogP contribution is 2.25. The van der Waals surface area contributed by atoms with Gasteiger partial charge in [-0.1, -0.05) is 25.5 Å². The lowest BCUT2D eigenvalue weighted by Crippen LogP contribution is -2.19. The Kier molecular flexibility index (Phi) is 5.60. The molecule has 0 bridgehead atoms. The summed E-state index contributed by atoms with van der Waals surface area (Å²) in [7, 11) is 0. The van der Waals surface area contributed by atoms with Crippen molar-refractivity contribution in [2.75, 3.05) is 6.61 Å². The number of Topliss-reactive ketones (excluding diaryl/α,β-unsaturated/α-hetero) is 1. The molecule has 0 spiro atoms. The summed E-state index contributed by atoms with van der Waals surface area (Å²) in [6, 6.07) is 7.71. The zero-order chi connectivity index (χ0) is 14.4. The van der Waals surface area contributed by atoms with E-state index in [1.165, 1.54) is 0 Å². The molecule has 0 amide bonds. The number of ketones is 1. The Hall–Kier alpha value is -1.35. The number of hydrogen-bond acceptors (Lipinski definition) is 3. The molecule has 1 aliphatic rings. The van der Waals surface area contributed by atoms with Gasteiger partial charge in [0.15, 0.2) is 0 Å². The molecular formula is C17H24O3. The lowest BCUT2D eigenvalue weighted by Gasteiger charge is -2.21. The molecule has 1 N–H and O–H groups in total. The summed E-state index contributed by atoms with van der Waals surface area (Å²) in [6.45, 7) is 2.73. The molecular weight excluding hydrogens is 252 g/mol. The van der Waals surface area contributed by atoms with Crippen LogP contribution in [0.2, 0.25) is 0 Å². The first kappa shape index (κ1) is 15.0. The quantitative estimate of drug-likeness (QED) is 0.862. The van der Waals surface area contributed by atoms with Gasteiger partial charge in [-0.3, -0.25) is 4.79 Å². The second kappa shape index (κ2) is 7.44. The molecule has 0 radical (unpaired) electrons. The zero-order valence-electron chi connectivity index (χ0n) is 12.2. The minimum absolute atomic E-state index is 0.380. The third kappa shape index (κ3) is 4.34. The summed E-state index contributed by atoms with van der Waals surface area (Å²) in [5.41, 5.74) is 0.920. The maximum absolute atomic E-state index is 11.2. The van der Waals surface area contributed by atoms with Crippen molar-refractivity contribution in [3.63, 3.8) is 0 Å². The number of carbonyl (C=O) groups is 1. The molecule has 1 atom stereocenters. The van der Waals surface area contributed by atoms with E-state index in [4.69, 9.17) is 4.74 Å². The normalized spacial score (nSPS) is 18.0. The van der Waals surface area contributed by atoms with Crippen LogP contribution >= 0.6 is 0 Å². The molecule has 0 heterocycles. The van der Waals surface area contributed by atoms with Gasteiger partial charge in [0.05, 0.1) is 12.7 Å². The molecule has 1 saturated carbocycles. The monoisotopic (exact) mass is 276 g/mol. The molecule has 0 saturated heterocycles. The average Bonchev–Trinajstić information content (AvgIpc) is 2.47. The van der Waals surface area contributed by atoms with Gasteiger partial charge in [0, 0.05) is 12.8 Å². The smallest absolute Gasteiger partial charge is 0.132 e. The number of aliphatic hydroxyl groups excluding tert-OH is 1. The Morgan fingerprint density at radius 1 is 1.35 bits per heavy atom. The fourth-order valence-electron chi connectivity index (χ4n) is 2.63. The van der Waals surface area contributed by atoms with Crippen LogP contribution in [-0.2, 0) is 4.79 Å². The van der Waals surface area contributed by atoms with Crippen molar-refractivity contribution in [2.24, 2.45) is 5.92 Å². The van der Waals surface area contributed by atoms with E-state index in [0.717, 1.165) is 37.0 Å². The zero-order valence-corrected chi connectivity index (χ0v) is 12.2. The van der Waals surface area contributed by atoms with Crippen molar-refractivity contribution in [3.8, 4) is 5.75 Å². The van der Waals surface area contributed by atoms with Crippen LogP contribution in [0, 0.1) is 5.92 Å². The van der Waals surface area contributed by atoms with Gasteiger partial charge in [-0.05, 0) is 42.9 Å². The molecule has 0 aliphatic heterocycles. The van der Waals surface area contributed by atoms with Gasteiger partial charge in [-0.15, -0.1) is 0 Å². The number of benzene rings is 1. The Labute approximate surface area is 121 Å². The second-order valence-electron chi connectivity index (χ2n) is 5.67. The number of aliphatic hydroxyl groups is 1. The predicted octanol–water partition coefficient (Wildman–Crippen LogP) is 3.66. The van der Waals surface area contributed by atoms with E-state index in [1.54, 1.807) is 0 Å². The highest BCUT2D eigenvalue weighted by Gasteiger charge is 2.19. The fourth-order valence-corrected chi connectivity index (χ4v) is 2.63. The van der Waals surface area contributed by atoms with Crippen LogP contribution in [0.25, 0.3) is 0 Å². The van der Waals surface area contributed by atoms with Crippen LogP contribution in [0.3, 0.4) is 0 Å². The van der Waals surface area contributed by atoms with Crippen molar-refractivity contribution in [3.05, 3.63) is 29.8 Å². The van der Waals surface area contributed by atoms with E-state index < -0.39 is 6.10 Å². The third-order valence-electron chi connectivity index (χ3n) is 3.95. The standard InChI is InChI=1S/C17H24O3/c1-2-4-17(19)14-5-3-6-16(11-14)20-12-13-7-9-15(18)10-8-13/h3,5-6,11,13,17,19H,2,4,7-10,12H2,1H3. The van der Waals surface area contributed by atoms with E-state index in [-0.39, 0.29) is 0 Å². The lowest BCUT2D eigenvalue weighted by atomic mass is 9.89. The highest BCUT2D eigenvalue weighted by molar-refractivity contribution is 5.79. The Morgan fingerprint density at radius 3 is 2.80 bits per heavy atom. The number of ether oxygens (including phenoxy) is 1.